The summed E-state index contributed by atoms with van der Waals surface area (Å²) in [7, 11) is 0. The number of benzene rings is 3. The molecule has 0 fully saturated rings. The van der Waals surface area contributed by atoms with Crippen molar-refractivity contribution in [2.24, 2.45) is 0 Å². The number of ether oxygens (including phenoxy) is 3. The molecule has 1 unspecified atom stereocenters. The highest BCUT2D eigenvalue weighted by Crippen LogP contribution is 2.36. The minimum Gasteiger partial charge on any atom is -0.492 e. The lowest BCUT2D eigenvalue weighted by atomic mass is 10.1. The number of amides is 2. The molecule has 7 nitrogen and oxygen atoms in total. The summed E-state index contributed by atoms with van der Waals surface area (Å²) in [5, 5.41) is 2.83. The minimum absolute atomic E-state index is 0.110. The smallest absolute Gasteiger partial charge is 0.267 e. The molecule has 1 atom stereocenters. The predicted octanol–water partition coefficient (Wildman–Crippen LogP) is 4.51. The molecular formula is C27H28N2O5. The van der Waals surface area contributed by atoms with Crippen molar-refractivity contribution >= 4 is 23.2 Å². The van der Waals surface area contributed by atoms with Crippen LogP contribution in [0.4, 0.5) is 11.4 Å². The second-order valence-corrected chi connectivity index (χ2v) is 8.15. The summed E-state index contributed by atoms with van der Waals surface area (Å²) >= 11 is 0. The van der Waals surface area contributed by atoms with Gasteiger partial charge in [-0.1, -0.05) is 36.4 Å². The minimum atomic E-state index is -0.637. The summed E-state index contributed by atoms with van der Waals surface area (Å²) in [5.74, 6) is 1.57. The van der Waals surface area contributed by atoms with Gasteiger partial charge in [-0.2, -0.15) is 0 Å². The molecule has 7 heteroatoms. The maximum Gasteiger partial charge on any atom is 0.267 e. The number of hydrogen-bond donors (Lipinski definition) is 1. The third-order valence-corrected chi connectivity index (χ3v) is 5.54. The Morgan fingerprint density at radius 3 is 2.47 bits per heavy atom. The van der Waals surface area contributed by atoms with Crippen molar-refractivity contribution in [2.75, 3.05) is 30.0 Å². The van der Waals surface area contributed by atoms with Crippen LogP contribution >= 0.6 is 0 Å². The lowest BCUT2D eigenvalue weighted by Crippen LogP contribution is -2.46. The van der Waals surface area contributed by atoms with E-state index in [1.807, 2.05) is 62.4 Å². The van der Waals surface area contributed by atoms with Crippen molar-refractivity contribution in [2.45, 2.75) is 26.9 Å². The lowest BCUT2D eigenvalue weighted by molar-refractivity contribution is -0.125. The summed E-state index contributed by atoms with van der Waals surface area (Å²) in [5.41, 5.74) is 3.16. The summed E-state index contributed by atoms with van der Waals surface area (Å²) < 4.78 is 17.3. The van der Waals surface area contributed by atoms with Gasteiger partial charge in [0.15, 0.2) is 12.7 Å². The highest BCUT2D eigenvalue weighted by atomic mass is 16.5. The van der Waals surface area contributed by atoms with E-state index in [1.54, 1.807) is 30.0 Å². The van der Waals surface area contributed by atoms with Gasteiger partial charge in [0.25, 0.3) is 11.8 Å². The average Bonchev–Trinajstić information content (AvgIpc) is 2.82. The number of rotatable bonds is 8. The van der Waals surface area contributed by atoms with Crippen LogP contribution in [0.1, 0.15) is 18.1 Å². The highest BCUT2D eigenvalue weighted by Gasteiger charge is 2.31. The molecule has 1 aliphatic rings. The third kappa shape index (κ3) is 5.31. The summed E-state index contributed by atoms with van der Waals surface area (Å²) in [6.07, 6.45) is -0.637. The zero-order valence-electron chi connectivity index (χ0n) is 19.5. The van der Waals surface area contributed by atoms with E-state index in [2.05, 4.69) is 5.32 Å². The molecule has 3 aromatic carbocycles. The fourth-order valence-corrected chi connectivity index (χ4v) is 3.85. The predicted molar refractivity (Wildman–Crippen MR) is 131 cm³/mol. The van der Waals surface area contributed by atoms with E-state index >= 15 is 0 Å². The molecule has 0 radical (unpaired) electrons. The molecule has 4 rings (SSSR count). The van der Waals surface area contributed by atoms with E-state index in [0.29, 0.717) is 36.0 Å². The highest BCUT2D eigenvalue weighted by molar-refractivity contribution is 6.00. The van der Waals surface area contributed by atoms with Gasteiger partial charge in [-0.15, -0.1) is 0 Å². The first kappa shape index (κ1) is 23.2. The van der Waals surface area contributed by atoms with Crippen LogP contribution in [-0.2, 0) is 9.59 Å². The first-order chi connectivity index (χ1) is 16.4. The standard InChI is InChI=1S/C27H28N2O5/c1-18-8-7-9-19(2)26(18)33-17-25(30)28-21-12-13-23-24(16-21)34-20(3)27(31)29(23)14-15-32-22-10-5-4-6-11-22/h4-13,16,20H,14-15,17H2,1-3H3,(H,28,30). The van der Waals surface area contributed by atoms with Crippen LogP contribution < -0.4 is 24.4 Å². The SMILES string of the molecule is Cc1cccc(C)c1OCC(=O)Nc1ccc2c(c1)OC(C)C(=O)N2CCOc1ccccc1. The molecule has 0 saturated carbocycles. The number of nitrogens with one attached hydrogen (secondary N) is 1. The second kappa shape index (κ2) is 10.3. The topological polar surface area (TPSA) is 77.1 Å². The molecule has 0 aromatic heterocycles. The number of aryl methyl sites for hydroxylation is 2. The van der Waals surface area contributed by atoms with Crippen LogP contribution in [0.5, 0.6) is 17.2 Å². The Kier molecular flexibility index (Phi) is 7.01. The number of nitrogens with zero attached hydrogens (tertiary/aromatic N) is 1. The van der Waals surface area contributed by atoms with Crippen molar-refractivity contribution < 1.29 is 23.8 Å². The maximum atomic E-state index is 12.7. The Bertz CT molecular complexity index is 1160. The quantitative estimate of drug-likeness (QED) is 0.535. The Labute approximate surface area is 199 Å². The normalized spacial score (nSPS) is 14.7. The van der Waals surface area contributed by atoms with Gasteiger partial charge in [0.1, 0.15) is 23.9 Å². The molecular weight excluding hydrogens is 432 g/mol. The number of carbonyl (C=O) groups excluding carboxylic acids is 2. The monoisotopic (exact) mass is 460 g/mol. The number of anilines is 2. The Balaban J connectivity index is 1.40. The van der Waals surface area contributed by atoms with Crippen LogP contribution in [0, 0.1) is 13.8 Å². The molecule has 0 aliphatic carbocycles. The van der Waals surface area contributed by atoms with Crippen LogP contribution in [0.15, 0.2) is 66.7 Å². The fraction of sp³-hybridized carbons (Fsp3) is 0.259. The zero-order valence-corrected chi connectivity index (χ0v) is 19.5. The zero-order chi connectivity index (χ0) is 24.1. The maximum absolute atomic E-state index is 12.7. The number of fused-ring (bicyclic) bond motifs is 1. The van der Waals surface area contributed by atoms with E-state index in [9.17, 15) is 9.59 Å². The molecule has 1 heterocycles. The first-order valence-electron chi connectivity index (χ1n) is 11.2. The van der Waals surface area contributed by atoms with Crippen LogP contribution in [-0.4, -0.2) is 37.7 Å². The number of para-hydroxylation sites is 2. The summed E-state index contributed by atoms with van der Waals surface area (Å²) in [6, 6.07) is 20.5. The summed E-state index contributed by atoms with van der Waals surface area (Å²) in [4.78, 5) is 26.9. The van der Waals surface area contributed by atoms with E-state index in [1.165, 1.54) is 0 Å². The van der Waals surface area contributed by atoms with E-state index in [4.69, 9.17) is 14.2 Å². The van der Waals surface area contributed by atoms with Gasteiger partial charge >= 0.3 is 0 Å². The van der Waals surface area contributed by atoms with E-state index < -0.39 is 6.10 Å². The van der Waals surface area contributed by atoms with Gasteiger partial charge in [0, 0.05) is 11.8 Å². The van der Waals surface area contributed by atoms with Crippen molar-refractivity contribution in [1.82, 2.24) is 0 Å². The van der Waals surface area contributed by atoms with Gasteiger partial charge in [-0.25, -0.2) is 0 Å². The van der Waals surface area contributed by atoms with Crippen LogP contribution in [0.25, 0.3) is 0 Å². The van der Waals surface area contributed by atoms with Gasteiger partial charge < -0.3 is 24.4 Å². The molecule has 3 aromatic rings. The van der Waals surface area contributed by atoms with E-state index in [0.717, 1.165) is 16.9 Å². The largest absolute Gasteiger partial charge is 0.492 e. The average molecular weight is 461 g/mol. The molecule has 0 saturated heterocycles. The molecule has 1 N–H and O–H groups in total. The van der Waals surface area contributed by atoms with Gasteiger partial charge in [-0.3, -0.25) is 9.59 Å². The number of hydrogen-bond acceptors (Lipinski definition) is 5. The van der Waals surface area contributed by atoms with Gasteiger partial charge in [-0.05, 0) is 56.2 Å². The van der Waals surface area contributed by atoms with Crippen LogP contribution in [0.3, 0.4) is 0 Å². The molecule has 34 heavy (non-hydrogen) atoms. The molecule has 2 amide bonds. The fourth-order valence-electron chi connectivity index (χ4n) is 3.85. The molecule has 0 bridgehead atoms. The Morgan fingerprint density at radius 2 is 1.74 bits per heavy atom. The van der Waals surface area contributed by atoms with Crippen LogP contribution in [0.2, 0.25) is 0 Å². The Hall–Kier alpha value is -4.00. The van der Waals surface area contributed by atoms with Crippen molar-refractivity contribution in [3.63, 3.8) is 0 Å². The van der Waals surface area contributed by atoms with Gasteiger partial charge in [0.2, 0.25) is 0 Å². The summed E-state index contributed by atoms with van der Waals surface area (Å²) in [6.45, 7) is 6.21. The van der Waals surface area contributed by atoms with Crippen molar-refractivity contribution in [1.29, 1.82) is 0 Å². The van der Waals surface area contributed by atoms with Gasteiger partial charge in [0.05, 0.1) is 12.2 Å². The Morgan fingerprint density at radius 1 is 1.00 bits per heavy atom. The second-order valence-electron chi connectivity index (χ2n) is 8.15. The first-order valence-corrected chi connectivity index (χ1v) is 11.2. The van der Waals surface area contributed by atoms with Crippen molar-refractivity contribution in [3.8, 4) is 17.2 Å². The number of carbonyl (C=O) groups is 2. The third-order valence-electron chi connectivity index (χ3n) is 5.54. The van der Waals surface area contributed by atoms with E-state index in [-0.39, 0.29) is 18.4 Å². The van der Waals surface area contributed by atoms with Crippen molar-refractivity contribution in [3.05, 3.63) is 77.9 Å². The molecule has 176 valence electrons. The molecule has 0 spiro atoms. The molecule has 1 aliphatic heterocycles. The lowest BCUT2D eigenvalue weighted by Gasteiger charge is -2.33.